The molecule has 1 aliphatic rings. The predicted octanol–water partition coefficient (Wildman–Crippen LogP) is -2.35. The van der Waals surface area contributed by atoms with Crippen molar-refractivity contribution < 1.29 is 29.3 Å². The van der Waals surface area contributed by atoms with Crippen LogP contribution in [0.2, 0.25) is 0 Å². The molecule has 1 rings (SSSR count). The summed E-state index contributed by atoms with van der Waals surface area (Å²) in [5.74, 6) is 0. The lowest BCUT2D eigenvalue weighted by Gasteiger charge is -2.38. The standard InChI is InChI=1S/C6H12O6S/c7-1-2-5(12-13)3(8)4(9)6(10)11-2/h2-10,13H,1H2/t2-,3-,4-,5-,6+/m1/s1. The summed E-state index contributed by atoms with van der Waals surface area (Å²) in [6.45, 7) is -0.438. The molecule has 1 fully saturated rings. The Hall–Kier alpha value is 0.110. The van der Waals surface area contributed by atoms with Crippen molar-refractivity contribution in [3.8, 4) is 0 Å². The highest BCUT2D eigenvalue weighted by molar-refractivity contribution is 7.75. The van der Waals surface area contributed by atoms with E-state index in [0.29, 0.717) is 0 Å². The average Bonchev–Trinajstić information content (AvgIpc) is 2.13. The van der Waals surface area contributed by atoms with Crippen molar-refractivity contribution in [3.63, 3.8) is 0 Å². The summed E-state index contributed by atoms with van der Waals surface area (Å²) in [4.78, 5) is 0. The first kappa shape index (κ1) is 11.2. The number of thiol groups is 1. The van der Waals surface area contributed by atoms with Crippen LogP contribution in [0.15, 0.2) is 0 Å². The molecule has 0 aliphatic carbocycles. The van der Waals surface area contributed by atoms with Gasteiger partial charge in [-0.15, -0.1) is 0 Å². The monoisotopic (exact) mass is 212 g/mol. The van der Waals surface area contributed by atoms with Crippen LogP contribution < -0.4 is 0 Å². The lowest BCUT2D eigenvalue weighted by Crippen LogP contribution is -2.58. The van der Waals surface area contributed by atoms with Crippen LogP contribution >= 0.6 is 12.9 Å². The van der Waals surface area contributed by atoms with E-state index < -0.39 is 37.3 Å². The molecule has 0 saturated carbocycles. The maximum atomic E-state index is 9.33. The first-order chi connectivity index (χ1) is 6.11. The van der Waals surface area contributed by atoms with Gasteiger partial charge in [0.2, 0.25) is 0 Å². The number of hydrogen-bond acceptors (Lipinski definition) is 7. The Balaban J connectivity index is 2.69. The van der Waals surface area contributed by atoms with Crippen molar-refractivity contribution in [2.75, 3.05) is 6.61 Å². The summed E-state index contributed by atoms with van der Waals surface area (Å²) in [6, 6.07) is 0. The largest absolute Gasteiger partial charge is 0.394 e. The second-order valence-electron chi connectivity index (χ2n) is 2.80. The number of aliphatic hydroxyl groups is 4. The second-order valence-corrected chi connectivity index (χ2v) is 3.01. The molecule has 0 amide bonds. The SMILES string of the molecule is OC[C@H]1O[C@H](O)[C@H](O)[C@@H](O)[C@@H]1OS. The van der Waals surface area contributed by atoms with Gasteiger partial charge in [-0.25, -0.2) is 0 Å². The molecule has 0 unspecified atom stereocenters. The number of hydrogen-bond donors (Lipinski definition) is 5. The third-order valence-corrected chi connectivity index (χ3v) is 2.20. The van der Waals surface area contributed by atoms with E-state index in [-0.39, 0.29) is 0 Å². The van der Waals surface area contributed by atoms with Crippen molar-refractivity contribution in [3.05, 3.63) is 0 Å². The van der Waals surface area contributed by atoms with E-state index in [2.05, 4.69) is 17.1 Å². The zero-order chi connectivity index (χ0) is 10.0. The highest BCUT2D eigenvalue weighted by Crippen LogP contribution is 2.22. The van der Waals surface area contributed by atoms with Crippen LogP contribution in [0.4, 0.5) is 0 Å². The lowest BCUT2D eigenvalue weighted by atomic mass is 9.99. The van der Waals surface area contributed by atoms with Crippen molar-refractivity contribution in [1.29, 1.82) is 0 Å². The maximum Gasteiger partial charge on any atom is 0.184 e. The van der Waals surface area contributed by atoms with Crippen LogP contribution in [-0.4, -0.2) is 57.7 Å². The summed E-state index contributed by atoms with van der Waals surface area (Å²) in [5.41, 5.74) is 0. The Morgan fingerprint density at radius 2 is 1.85 bits per heavy atom. The van der Waals surface area contributed by atoms with E-state index in [1.807, 2.05) is 0 Å². The second kappa shape index (κ2) is 4.56. The molecule has 1 aliphatic heterocycles. The lowest BCUT2D eigenvalue weighted by molar-refractivity contribution is -0.280. The molecule has 6 nitrogen and oxygen atoms in total. The van der Waals surface area contributed by atoms with E-state index in [1.54, 1.807) is 0 Å². The number of ether oxygens (including phenoxy) is 1. The molecule has 0 radical (unpaired) electrons. The Labute approximate surface area is 80.3 Å². The van der Waals surface area contributed by atoms with Crippen LogP contribution in [0.3, 0.4) is 0 Å². The third kappa shape index (κ3) is 2.13. The van der Waals surface area contributed by atoms with Gasteiger partial charge in [0, 0.05) is 0 Å². The Bertz CT molecular complexity index is 165. The predicted molar refractivity (Wildman–Crippen MR) is 43.8 cm³/mol. The molecular formula is C6H12O6S. The van der Waals surface area contributed by atoms with E-state index in [1.165, 1.54) is 0 Å². The van der Waals surface area contributed by atoms with Gasteiger partial charge in [-0.1, -0.05) is 0 Å². The van der Waals surface area contributed by atoms with E-state index in [0.717, 1.165) is 0 Å². The normalized spacial score (nSPS) is 46.4. The zero-order valence-electron chi connectivity index (χ0n) is 6.65. The summed E-state index contributed by atoms with van der Waals surface area (Å²) in [6.07, 6.45) is -6.18. The summed E-state index contributed by atoms with van der Waals surface area (Å²) in [7, 11) is 0. The highest BCUT2D eigenvalue weighted by atomic mass is 32.1. The van der Waals surface area contributed by atoms with Crippen LogP contribution in [-0.2, 0) is 8.92 Å². The van der Waals surface area contributed by atoms with Gasteiger partial charge < -0.3 is 29.3 Å². The Morgan fingerprint density at radius 1 is 1.23 bits per heavy atom. The molecule has 1 saturated heterocycles. The molecule has 0 aromatic carbocycles. The van der Waals surface area contributed by atoms with Gasteiger partial charge in [-0.2, -0.15) is 0 Å². The van der Waals surface area contributed by atoms with E-state index in [4.69, 9.17) is 20.1 Å². The molecule has 13 heavy (non-hydrogen) atoms. The maximum absolute atomic E-state index is 9.33. The van der Waals surface area contributed by atoms with Gasteiger partial charge in [0.15, 0.2) is 6.29 Å². The van der Waals surface area contributed by atoms with Gasteiger partial charge >= 0.3 is 0 Å². The minimum atomic E-state index is -1.52. The minimum Gasteiger partial charge on any atom is -0.394 e. The van der Waals surface area contributed by atoms with Crippen LogP contribution in [0, 0.1) is 0 Å². The third-order valence-electron chi connectivity index (χ3n) is 1.96. The fourth-order valence-electron chi connectivity index (χ4n) is 1.20. The van der Waals surface area contributed by atoms with Gasteiger partial charge in [0.1, 0.15) is 24.4 Å². The quantitative estimate of drug-likeness (QED) is 0.259. The van der Waals surface area contributed by atoms with Gasteiger partial charge in [0.25, 0.3) is 0 Å². The summed E-state index contributed by atoms with van der Waals surface area (Å²) < 4.78 is 9.26. The molecule has 0 aromatic heterocycles. The van der Waals surface area contributed by atoms with Gasteiger partial charge in [0.05, 0.1) is 6.61 Å². The fourth-order valence-corrected chi connectivity index (χ4v) is 1.46. The molecule has 0 spiro atoms. The van der Waals surface area contributed by atoms with Crippen LogP contribution in [0.1, 0.15) is 0 Å². The van der Waals surface area contributed by atoms with Crippen molar-refractivity contribution in [2.24, 2.45) is 0 Å². The molecule has 0 aromatic rings. The first-order valence-corrected chi connectivity index (χ1v) is 4.09. The topological polar surface area (TPSA) is 99.4 Å². The minimum absolute atomic E-state index is 0.438. The van der Waals surface area contributed by atoms with Crippen molar-refractivity contribution >= 4 is 12.9 Å². The Morgan fingerprint density at radius 3 is 2.31 bits per heavy atom. The molecule has 7 heteroatoms. The number of aliphatic hydroxyl groups excluding tert-OH is 4. The molecular weight excluding hydrogens is 200 g/mol. The first-order valence-electron chi connectivity index (χ1n) is 3.72. The summed E-state index contributed by atoms with van der Waals surface area (Å²) >= 11 is 3.46. The fraction of sp³-hybridized carbons (Fsp3) is 1.00. The van der Waals surface area contributed by atoms with E-state index >= 15 is 0 Å². The molecule has 0 bridgehead atoms. The van der Waals surface area contributed by atoms with Gasteiger partial charge in [-0.3, -0.25) is 0 Å². The molecule has 5 atom stereocenters. The van der Waals surface area contributed by atoms with E-state index in [9.17, 15) is 5.11 Å². The molecule has 78 valence electrons. The molecule has 4 N–H and O–H groups in total. The highest BCUT2D eigenvalue weighted by Gasteiger charge is 2.44. The number of rotatable bonds is 2. The van der Waals surface area contributed by atoms with Gasteiger partial charge in [-0.05, 0) is 12.9 Å². The summed E-state index contributed by atoms with van der Waals surface area (Å²) in [5, 5.41) is 36.3. The van der Waals surface area contributed by atoms with Crippen molar-refractivity contribution in [2.45, 2.75) is 30.7 Å². The van der Waals surface area contributed by atoms with Crippen LogP contribution in [0.25, 0.3) is 0 Å². The smallest absolute Gasteiger partial charge is 0.184 e. The zero-order valence-corrected chi connectivity index (χ0v) is 7.54. The van der Waals surface area contributed by atoms with Crippen LogP contribution in [0.5, 0.6) is 0 Å². The Kier molecular flexibility index (Phi) is 3.92. The van der Waals surface area contributed by atoms with Crippen molar-refractivity contribution in [1.82, 2.24) is 0 Å². The average molecular weight is 212 g/mol. The molecule has 1 heterocycles.